The lowest BCUT2D eigenvalue weighted by Gasteiger charge is -2.16. The first-order valence-electron chi connectivity index (χ1n) is 13.8. The van der Waals surface area contributed by atoms with Crippen molar-refractivity contribution in [1.82, 2.24) is 19.7 Å². The molecule has 2 aromatic heterocycles. The summed E-state index contributed by atoms with van der Waals surface area (Å²) in [5.41, 5.74) is 9.01. The standard InChI is InChI=1S/C28H42N6O6SSi/c1-18(2)13-21(29)16-40-24-14-22(26-19(3)9-8-10-20(26)4)30-28(31-24)33-41(37,38)25-15-23(27(35)36)34(32-25)17-39-11-12-42(5,6)7/h8-10,14-15,18,21H,11-13,16-17,29H2,1-7H3,(H,35,36)(H,30,31,33)/t21-/m1/s1. The van der Waals surface area contributed by atoms with Crippen molar-refractivity contribution in [3.8, 4) is 17.1 Å². The van der Waals surface area contributed by atoms with Gasteiger partial charge in [-0.05, 0) is 43.4 Å². The number of rotatable bonds is 15. The molecule has 4 N–H and O–H groups in total. The van der Waals surface area contributed by atoms with E-state index in [1.54, 1.807) is 6.07 Å². The Morgan fingerprint density at radius 1 is 1.14 bits per heavy atom. The first-order valence-corrected chi connectivity index (χ1v) is 19.0. The number of aromatic carboxylic acids is 1. The minimum absolute atomic E-state index is 0.145. The maximum Gasteiger partial charge on any atom is 0.354 e. The molecule has 0 saturated carbocycles. The maximum absolute atomic E-state index is 13.4. The van der Waals surface area contributed by atoms with E-state index in [9.17, 15) is 18.3 Å². The summed E-state index contributed by atoms with van der Waals surface area (Å²) in [5, 5.41) is 13.2. The van der Waals surface area contributed by atoms with E-state index < -0.39 is 29.1 Å². The van der Waals surface area contributed by atoms with Crippen LogP contribution in [0.1, 0.15) is 41.9 Å². The molecule has 0 saturated heterocycles. The number of sulfonamides is 1. The lowest BCUT2D eigenvalue weighted by molar-refractivity contribution is 0.0588. The summed E-state index contributed by atoms with van der Waals surface area (Å²) < 4.78 is 41.6. The van der Waals surface area contributed by atoms with Gasteiger partial charge in [-0.25, -0.2) is 19.2 Å². The molecule has 14 heteroatoms. The van der Waals surface area contributed by atoms with E-state index in [2.05, 4.69) is 53.3 Å². The number of benzene rings is 1. The van der Waals surface area contributed by atoms with Gasteiger partial charge in [0.1, 0.15) is 19.0 Å². The maximum atomic E-state index is 13.4. The normalized spacial score (nSPS) is 12.9. The van der Waals surface area contributed by atoms with Gasteiger partial charge in [-0.15, -0.1) is 0 Å². The number of anilines is 1. The number of ether oxygens (including phenoxy) is 2. The van der Waals surface area contributed by atoms with Gasteiger partial charge in [0, 0.05) is 38.4 Å². The zero-order valence-electron chi connectivity index (χ0n) is 25.3. The van der Waals surface area contributed by atoms with Crippen molar-refractivity contribution in [3.63, 3.8) is 0 Å². The molecule has 230 valence electrons. The molecular formula is C28H42N6O6SSi. The molecule has 0 aliphatic heterocycles. The Balaban J connectivity index is 1.94. The van der Waals surface area contributed by atoms with E-state index in [0.29, 0.717) is 18.2 Å². The molecule has 0 aliphatic rings. The zero-order valence-corrected chi connectivity index (χ0v) is 27.2. The molecule has 1 aromatic carbocycles. The minimum Gasteiger partial charge on any atom is -0.477 e. The first-order chi connectivity index (χ1) is 19.6. The smallest absolute Gasteiger partial charge is 0.354 e. The quantitative estimate of drug-likeness (QED) is 0.162. The van der Waals surface area contributed by atoms with Crippen LogP contribution in [-0.4, -0.2) is 66.6 Å². The summed E-state index contributed by atoms with van der Waals surface area (Å²) in [4.78, 5) is 20.6. The summed E-state index contributed by atoms with van der Waals surface area (Å²) in [6, 6.07) is 9.03. The fourth-order valence-corrected chi connectivity index (χ4v) is 5.92. The second-order valence-corrected chi connectivity index (χ2v) is 19.3. The molecule has 3 rings (SSSR count). The van der Waals surface area contributed by atoms with Crippen molar-refractivity contribution in [1.29, 1.82) is 0 Å². The molecule has 0 amide bonds. The number of carboxylic acid groups (broad SMARTS) is 1. The summed E-state index contributed by atoms with van der Waals surface area (Å²) in [6.07, 6.45) is 0.741. The number of nitrogens with two attached hydrogens (primary N) is 1. The third-order valence-electron chi connectivity index (χ3n) is 6.35. The van der Waals surface area contributed by atoms with Gasteiger partial charge >= 0.3 is 5.97 Å². The van der Waals surface area contributed by atoms with Crippen molar-refractivity contribution in [3.05, 3.63) is 47.2 Å². The highest BCUT2D eigenvalue weighted by Crippen LogP contribution is 2.29. The molecule has 0 spiro atoms. The van der Waals surface area contributed by atoms with Gasteiger partial charge in [0.25, 0.3) is 10.0 Å². The average Bonchev–Trinajstić information content (AvgIpc) is 3.30. The number of aryl methyl sites for hydroxylation is 2. The van der Waals surface area contributed by atoms with Crippen LogP contribution in [0.4, 0.5) is 5.95 Å². The van der Waals surface area contributed by atoms with Gasteiger partial charge in [0.05, 0.1) is 5.69 Å². The van der Waals surface area contributed by atoms with Gasteiger partial charge in [-0.2, -0.15) is 18.5 Å². The van der Waals surface area contributed by atoms with Crippen LogP contribution in [0.15, 0.2) is 35.4 Å². The Bertz CT molecular complexity index is 1480. The number of aromatic nitrogens is 4. The van der Waals surface area contributed by atoms with Crippen LogP contribution >= 0.6 is 0 Å². The van der Waals surface area contributed by atoms with Crippen LogP contribution in [0.25, 0.3) is 11.3 Å². The molecule has 0 unspecified atom stereocenters. The summed E-state index contributed by atoms with van der Waals surface area (Å²) >= 11 is 0. The Morgan fingerprint density at radius 3 is 2.40 bits per heavy atom. The first kappa shape index (κ1) is 33.2. The third-order valence-corrected chi connectivity index (χ3v) is 9.25. The molecule has 0 fully saturated rings. The van der Waals surface area contributed by atoms with Crippen LogP contribution in [0.2, 0.25) is 25.7 Å². The molecule has 2 heterocycles. The van der Waals surface area contributed by atoms with Crippen molar-refractivity contribution in [2.24, 2.45) is 11.7 Å². The number of nitrogens with zero attached hydrogens (tertiary/aromatic N) is 4. The third kappa shape index (κ3) is 9.34. The lowest BCUT2D eigenvalue weighted by Crippen LogP contribution is -2.29. The second-order valence-electron chi connectivity index (χ2n) is 12.0. The average molecular weight is 619 g/mol. The molecule has 0 radical (unpaired) electrons. The van der Waals surface area contributed by atoms with Gasteiger partial charge in [-0.1, -0.05) is 51.7 Å². The van der Waals surface area contributed by atoms with Crippen LogP contribution in [0.3, 0.4) is 0 Å². The van der Waals surface area contributed by atoms with Crippen molar-refractivity contribution < 1.29 is 27.8 Å². The highest BCUT2D eigenvalue weighted by Gasteiger charge is 2.26. The predicted molar refractivity (Wildman–Crippen MR) is 164 cm³/mol. The van der Waals surface area contributed by atoms with E-state index in [1.807, 2.05) is 32.0 Å². The van der Waals surface area contributed by atoms with Crippen molar-refractivity contribution in [2.75, 3.05) is 17.9 Å². The minimum atomic E-state index is -4.38. The fourth-order valence-electron chi connectivity index (χ4n) is 4.25. The molecule has 1 atom stereocenters. The summed E-state index contributed by atoms with van der Waals surface area (Å²) in [7, 11) is -5.75. The van der Waals surface area contributed by atoms with Crippen LogP contribution in [0, 0.1) is 19.8 Å². The predicted octanol–water partition coefficient (Wildman–Crippen LogP) is 4.52. The lowest BCUT2D eigenvalue weighted by atomic mass is 10.00. The Hall–Kier alpha value is -3.33. The summed E-state index contributed by atoms with van der Waals surface area (Å²) in [5.74, 6) is -1.06. The highest BCUT2D eigenvalue weighted by molar-refractivity contribution is 7.92. The fraction of sp³-hybridized carbons (Fsp3) is 0.500. The largest absolute Gasteiger partial charge is 0.477 e. The SMILES string of the molecule is Cc1cccc(C)c1-c1cc(OC[C@H](N)CC(C)C)nc(NS(=O)(=O)c2cc(C(=O)O)n(COCC[Si](C)(C)C)n2)n1. The van der Waals surface area contributed by atoms with Crippen LogP contribution in [-0.2, 0) is 21.5 Å². The zero-order chi connectivity index (χ0) is 31.2. The van der Waals surface area contributed by atoms with E-state index >= 15 is 0 Å². The van der Waals surface area contributed by atoms with Crippen molar-refractivity contribution in [2.45, 2.75) is 77.6 Å². The summed E-state index contributed by atoms with van der Waals surface area (Å²) in [6.45, 7) is 15.0. The van der Waals surface area contributed by atoms with E-state index in [-0.39, 0.29) is 36.9 Å². The molecule has 0 aliphatic carbocycles. The number of hydrogen-bond acceptors (Lipinski definition) is 9. The van der Waals surface area contributed by atoms with Gasteiger partial charge in [0.2, 0.25) is 11.8 Å². The Morgan fingerprint density at radius 2 is 1.81 bits per heavy atom. The van der Waals surface area contributed by atoms with Gasteiger partial charge in [0.15, 0.2) is 5.03 Å². The Kier molecular flexibility index (Phi) is 10.9. The van der Waals surface area contributed by atoms with E-state index in [0.717, 1.165) is 39.9 Å². The van der Waals surface area contributed by atoms with E-state index in [1.165, 1.54) is 0 Å². The van der Waals surface area contributed by atoms with Crippen LogP contribution in [0.5, 0.6) is 5.88 Å². The van der Waals surface area contributed by atoms with E-state index in [4.69, 9.17) is 15.2 Å². The van der Waals surface area contributed by atoms with Crippen LogP contribution < -0.4 is 15.2 Å². The number of nitrogens with one attached hydrogen (secondary N) is 1. The number of hydrogen-bond donors (Lipinski definition) is 3. The molecular weight excluding hydrogens is 576 g/mol. The highest BCUT2D eigenvalue weighted by atomic mass is 32.2. The molecule has 0 bridgehead atoms. The second kappa shape index (κ2) is 13.8. The topological polar surface area (TPSA) is 172 Å². The number of carboxylic acids is 1. The monoisotopic (exact) mass is 618 g/mol. The van der Waals surface area contributed by atoms with Gasteiger partial charge in [-0.3, -0.25) is 0 Å². The van der Waals surface area contributed by atoms with Crippen molar-refractivity contribution >= 4 is 30.0 Å². The number of carbonyl (C=O) groups is 1. The molecule has 12 nitrogen and oxygen atoms in total. The molecule has 3 aromatic rings. The Labute approximate surface area is 248 Å². The van der Waals surface area contributed by atoms with Gasteiger partial charge < -0.3 is 20.3 Å². The molecule has 42 heavy (non-hydrogen) atoms.